The van der Waals surface area contributed by atoms with Crippen LogP contribution in [0.4, 0.5) is 20.0 Å². The topological polar surface area (TPSA) is 68.8 Å². The molecule has 0 saturated carbocycles. The van der Waals surface area contributed by atoms with Crippen LogP contribution in [0.15, 0.2) is 118 Å². The van der Waals surface area contributed by atoms with Gasteiger partial charge < -0.3 is 32.5 Å². The van der Waals surface area contributed by atoms with Gasteiger partial charge in [-0.3, -0.25) is 9.59 Å². The highest BCUT2D eigenvalue weighted by Gasteiger charge is 2.54. The Kier molecular flexibility index (Phi) is 13.5. The fourth-order valence-corrected chi connectivity index (χ4v) is 8.39. The van der Waals surface area contributed by atoms with Crippen LogP contribution in [0.25, 0.3) is 34.9 Å². The summed E-state index contributed by atoms with van der Waals surface area (Å²) in [4.78, 5) is 28.9. The Morgan fingerprint density at radius 2 is 1.10 bits per heavy atom. The molecule has 61 heavy (non-hydrogen) atoms. The molecular formula is C51H57BF2N4O3. The summed E-state index contributed by atoms with van der Waals surface area (Å²) in [5, 5.41) is 10.1. The standard InChI is InChI=1S/C51H57BF2N4O3/c1-5-9-33-55(34-10-6-2)41-23-13-37(14-24-41)17-27-43-29-31-45-47(39-19-21-40(22-20-39)48-49(59)51(61)50(48)60)46-32-30-44(58(46)52(53,54)57(43)45)28-18-38-15-25-42(26-16-38)56(35-11-7-3)36-12-8-4/h13-32,59H,5-12,33-36H2,1-4H3/b27-17+,28-18+. The lowest BCUT2D eigenvalue weighted by Crippen LogP contribution is -2.51. The van der Waals surface area contributed by atoms with E-state index in [0.717, 1.165) is 109 Å². The molecule has 7 rings (SSSR count). The number of nitrogens with zero attached hydrogens (tertiary/aromatic N) is 4. The third-order valence-electron chi connectivity index (χ3n) is 11.9. The summed E-state index contributed by atoms with van der Waals surface area (Å²) in [6.45, 7) is 8.44. The quantitative estimate of drug-likeness (QED) is 0.0625. The van der Waals surface area contributed by atoms with E-state index >= 15 is 8.63 Å². The largest absolute Gasteiger partial charge is 0.737 e. The van der Waals surface area contributed by atoms with Crippen LogP contribution in [-0.2, 0) is 0 Å². The van der Waals surface area contributed by atoms with Crippen molar-refractivity contribution in [3.63, 3.8) is 0 Å². The molecule has 7 nitrogen and oxygen atoms in total. The predicted molar refractivity (Wildman–Crippen MR) is 252 cm³/mol. The van der Waals surface area contributed by atoms with E-state index in [0.29, 0.717) is 39.5 Å². The van der Waals surface area contributed by atoms with Crippen molar-refractivity contribution in [2.45, 2.75) is 79.1 Å². The van der Waals surface area contributed by atoms with E-state index in [1.165, 1.54) is 0 Å². The number of hydrogen-bond donors (Lipinski definition) is 1. The molecule has 4 aromatic carbocycles. The molecule has 316 valence electrons. The second-order valence-corrected chi connectivity index (χ2v) is 16.2. The second kappa shape index (κ2) is 19.1. The average Bonchev–Trinajstić information content (AvgIpc) is 3.92. The minimum atomic E-state index is -4.37. The van der Waals surface area contributed by atoms with Gasteiger partial charge in [-0.15, -0.1) is 0 Å². The van der Waals surface area contributed by atoms with Gasteiger partial charge in [0.05, 0.1) is 11.1 Å². The number of fused-ring (bicyclic) bond motifs is 2. The Morgan fingerprint density at radius 1 is 0.607 bits per heavy atom. The van der Waals surface area contributed by atoms with Crippen molar-refractivity contribution < 1.29 is 18.2 Å². The van der Waals surface area contributed by atoms with Gasteiger partial charge in [-0.05, 0) is 96.5 Å². The normalized spacial score (nSPS) is 14.5. The highest BCUT2D eigenvalue weighted by atomic mass is 19.2. The molecule has 0 atom stereocenters. The van der Waals surface area contributed by atoms with Crippen LogP contribution in [0.1, 0.15) is 107 Å². The monoisotopic (exact) mass is 822 g/mol. The van der Waals surface area contributed by atoms with Gasteiger partial charge >= 0.3 is 6.97 Å². The molecule has 0 aliphatic carbocycles. The molecule has 0 spiro atoms. The third-order valence-corrected chi connectivity index (χ3v) is 11.9. The van der Waals surface area contributed by atoms with Crippen molar-refractivity contribution in [1.29, 1.82) is 0 Å². The maximum Gasteiger partial charge on any atom is 0.737 e. The molecule has 0 amide bonds. The van der Waals surface area contributed by atoms with Crippen LogP contribution in [0.5, 0.6) is 5.75 Å². The van der Waals surface area contributed by atoms with E-state index in [1.807, 2.05) is 36.4 Å². The number of allylic oxidation sites excluding steroid dienone is 3. The molecule has 0 saturated heterocycles. The summed E-state index contributed by atoms with van der Waals surface area (Å²) in [5.74, 6) is -0.555. The Bertz CT molecular complexity index is 2540. The lowest BCUT2D eigenvalue weighted by Gasteiger charge is -2.33. The van der Waals surface area contributed by atoms with E-state index in [4.69, 9.17) is 0 Å². The van der Waals surface area contributed by atoms with Crippen LogP contribution in [0, 0.1) is 0 Å². The zero-order chi connectivity index (χ0) is 43.1. The minimum Gasteiger partial charge on any atom is -0.503 e. The molecule has 0 fully saturated rings. The highest BCUT2D eigenvalue weighted by molar-refractivity contribution is 6.58. The molecule has 2 aliphatic rings. The fraction of sp³-hybridized carbons (Fsp3) is 0.314. The molecule has 1 N–H and O–H groups in total. The summed E-state index contributed by atoms with van der Waals surface area (Å²) in [5.41, 5.74) is 5.55. The number of anilines is 2. The Labute approximate surface area is 358 Å². The first-order valence-corrected chi connectivity index (χ1v) is 22.1. The van der Waals surface area contributed by atoms with E-state index in [-0.39, 0.29) is 5.56 Å². The summed E-state index contributed by atoms with van der Waals surface area (Å²) >= 11 is 0. The number of rotatable bonds is 20. The number of benzene rings is 3. The minimum absolute atomic E-state index is 0.0306. The zero-order valence-corrected chi connectivity index (χ0v) is 35.9. The molecule has 2 aliphatic heterocycles. The number of unbranched alkanes of at least 4 members (excludes halogenated alkanes) is 4. The van der Waals surface area contributed by atoms with E-state index in [9.17, 15) is 14.7 Å². The zero-order valence-electron chi connectivity index (χ0n) is 35.9. The molecular weight excluding hydrogens is 765 g/mol. The number of hydrogen-bond acceptors (Lipinski definition) is 5. The maximum absolute atomic E-state index is 17.3. The molecule has 5 aromatic rings. The van der Waals surface area contributed by atoms with Gasteiger partial charge in [0.25, 0.3) is 5.43 Å². The van der Waals surface area contributed by atoms with Crippen LogP contribution in [0.2, 0.25) is 0 Å². The molecule has 1 aromatic heterocycles. The second-order valence-electron chi connectivity index (χ2n) is 16.2. The predicted octanol–water partition coefficient (Wildman–Crippen LogP) is 11.2. The van der Waals surface area contributed by atoms with Gasteiger partial charge in [0.15, 0.2) is 17.2 Å². The summed E-state index contributed by atoms with van der Waals surface area (Å²) < 4.78 is 37.0. The van der Waals surface area contributed by atoms with Crippen molar-refractivity contribution in [3.8, 4) is 16.9 Å². The summed E-state index contributed by atoms with van der Waals surface area (Å²) in [7, 11) is 0. The van der Waals surface area contributed by atoms with Crippen molar-refractivity contribution in [2.75, 3.05) is 36.0 Å². The fourth-order valence-electron chi connectivity index (χ4n) is 8.39. The highest BCUT2D eigenvalue weighted by Crippen LogP contribution is 2.41. The van der Waals surface area contributed by atoms with Crippen molar-refractivity contribution in [2.24, 2.45) is 0 Å². The van der Waals surface area contributed by atoms with Crippen LogP contribution in [-0.4, -0.2) is 52.9 Å². The lowest BCUT2D eigenvalue weighted by atomic mass is 9.85. The maximum atomic E-state index is 17.3. The van der Waals surface area contributed by atoms with Crippen molar-refractivity contribution in [3.05, 3.63) is 157 Å². The first kappa shape index (κ1) is 43.1. The third kappa shape index (κ3) is 8.90. The molecule has 0 radical (unpaired) electrons. The van der Waals surface area contributed by atoms with Gasteiger partial charge in [-0.25, -0.2) is 0 Å². The Hall–Kier alpha value is -6.03. The smallest absolute Gasteiger partial charge is 0.503 e. The van der Waals surface area contributed by atoms with Crippen LogP contribution >= 0.6 is 0 Å². The first-order chi connectivity index (χ1) is 29.6. The van der Waals surface area contributed by atoms with Gasteiger partial charge in [-0.1, -0.05) is 108 Å². The van der Waals surface area contributed by atoms with Crippen LogP contribution in [0.3, 0.4) is 0 Å². The summed E-state index contributed by atoms with van der Waals surface area (Å²) in [6, 6.07) is 26.9. The lowest BCUT2D eigenvalue weighted by molar-refractivity contribution is -0.360. The number of aromatic nitrogens is 1. The Morgan fingerprint density at radius 3 is 1.59 bits per heavy atom. The SMILES string of the molecule is CCCCN(CCCC)c1ccc(/C=C/C2=[N+]3C(=C(c4ccc(-c5c(O)c(=O)c5=O)cc4)c4ccc(/C=C/c5ccc(N(CCCC)CCCC)cc5)n4[B-]3(F)F)C=C2)cc1. The van der Waals surface area contributed by atoms with Gasteiger partial charge in [0.1, 0.15) is 0 Å². The molecule has 0 bridgehead atoms. The number of aromatic hydroxyl groups is 1. The molecule has 3 heterocycles. The van der Waals surface area contributed by atoms with Crippen molar-refractivity contribution in [1.82, 2.24) is 4.48 Å². The Balaban J connectivity index is 1.25. The average molecular weight is 823 g/mol. The van der Waals surface area contributed by atoms with Crippen LogP contribution < -0.4 is 20.7 Å². The molecule has 0 unspecified atom stereocenters. The van der Waals surface area contributed by atoms with E-state index in [1.54, 1.807) is 60.7 Å². The van der Waals surface area contributed by atoms with Gasteiger partial charge in [0, 0.05) is 67.2 Å². The first-order valence-electron chi connectivity index (χ1n) is 22.1. The van der Waals surface area contributed by atoms with Gasteiger partial charge in [-0.2, -0.15) is 0 Å². The van der Waals surface area contributed by atoms with E-state index in [2.05, 4.69) is 61.8 Å². The summed E-state index contributed by atoms with van der Waals surface area (Å²) in [6.07, 6.45) is 19.7. The number of halogens is 2. The van der Waals surface area contributed by atoms with Crippen molar-refractivity contribution >= 4 is 47.9 Å². The molecule has 10 heteroatoms. The van der Waals surface area contributed by atoms with E-state index < -0.39 is 23.6 Å². The van der Waals surface area contributed by atoms with Gasteiger partial charge in [0.2, 0.25) is 5.43 Å².